The Hall–Kier alpha value is -1.99. The van der Waals surface area contributed by atoms with Crippen LogP contribution in [0.4, 0.5) is 0 Å². The van der Waals surface area contributed by atoms with Gasteiger partial charge in [0, 0.05) is 25.3 Å². The molecule has 0 bridgehead atoms. The number of aliphatic imine (C=N–C) groups is 1. The lowest BCUT2D eigenvalue weighted by atomic mass is 10.0. The summed E-state index contributed by atoms with van der Waals surface area (Å²) < 4.78 is 5.57. The van der Waals surface area contributed by atoms with Gasteiger partial charge in [-0.3, -0.25) is 9.79 Å². The Morgan fingerprint density at radius 3 is 2.60 bits per heavy atom. The molecule has 0 aromatic heterocycles. The van der Waals surface area contributed by atoms with Gasteiger partial charge in [0.05, 0.1) is 16.5 Å². The molecule has 0 fully saturated rings. The molecular weight excluding hydrogens is 342 g/mol. The summed E-state index contributed by atoms with van der Waals surface area (Å²) in [6.07, 6.45) is 0.362. The van der Waals surface area contributed by atoms with Crippen LogP contribution >= 0.6 is 10.9 Å². The molecule has 25 heavy (non-hydrogen) atoms. The van der Waals surface area contributed by atoms with Gasteiger partial charge in [-0.2, -0.15) is 10.9 Å². The van der Waals surface area contributed by atoms with E-state index in [1.54, 1.807) is 19.1 Å². The van der Waals surface area contributed by atoms with E-state index in [2.05, 4.69) is 4.99 Å². The Morgan fingerprint density at radius 2 is 2.04 bits per heavy atom. The van der Waals surface area contributed by atoms with Crippen LogP contribution in [0, 0.1) is 5.92 Å². The van der Waals surface area contributed by atoms with Gasteiger partial charge < -0.3 is 14.6 Å². The van der Waals surface area contributed by atoms with Gasteiger partial charge in [0.1, 0.15) is 12.4 Å². The number of aromatic carboxylic acids is 1. The molecule has 1 aliphatic rings. The third-order valence-corrected chi connectivity index (χ3v) is 6.58. The van der Waals surface area contributed by atoms with Crippen molar-refractivity contribution in [3.05, 3.63) is 29.8 Å². The van der Waals surface area contributed by atoms with Gasteiger partial charge >= 0.3 is 5.97 Å². The number of benzene rings is 1. The first-order chi connectivity index (χ1) is 12.0. The fourth-order valence-corrected chi connectivity index (χ4v) is 4.98. The lowest BCUT2D eigenvalue weighted by molar-refractivity contribution is -0.135. The molecule has 1 aromatic carbocycles. The highest BCUT2D eigenvalue weighted by Gasteiger charge is 2.29. The predicted octanol–water partition coefficient (Wildman–Crippen LogP) is 2.36. The molecule has 1 aliphatic heterocycles. The molecule has 0 radical (unpaired) electrons. The number of hydrogen-bond acceptors (Lipinski definition) is 5. The van der Waals surface area contributed by atoms with E-state index in [1.165, 1.54) is 0 Å². The van der Waals surface area contributed by atoms with E-state index >= 15 is 0 Å². The van der Waals surface area contributed by atoms with Gasteiger partial charge in [-0.25, -0.2) is 4.79 Å². The number of ether oxygens (including phenoxy) is 1. The molecule has 6 nitrogen and oxygen atoms in total. The zero-order valence-electron chi connectivity index (χ0n) is 14.3. The van der Waals surface area contributed by atoms with Crippen molar-refractivity contribution >= 4 is 34.0 Å². The highest BCUT2D eigenvalue weighted by molar-refractivity contribution is 8.30. The molecule has 0 saturated carbocycles. The van der Waals surface area contributed by atoms with E-state index in [1.807, 2.05) is 19.1 Å². The van der Waals surface area contributed by atoms with Gasteiger partial charge in [0.2, 0.25) is 0 Å². The molecule has 0 saturated heterocycles. The summed E-state index contributed by atoms with van der Waals surface area (Å²) in [7, 11) is -0.690. The van der Waals surface area contributed by atoms with Gasteiger partial charge in [-0.15, -0.1) is 0 Å². The van der Waals surface area contributed by atoms with Crippen molar-refractivity contribution in [2.75, 3.05) is 18.9 Å². The maximum Gasteiger partial charge on any atom is 0.335 e. The summed E-state index contributed by atoms with van der Waals surface area (Å²) in [5.74, 6) is -0.986. The van der Waals surface area contributed by atoms with Crippen molar-refractivity contribution in [2.45, 2.75) is 31.3 Å². The van der Waals surface area contributed by atoms with Crippen LogP contribution in [0.3, 0.4) is 0 Å². The van der Waals surface area contributed by atoms with Crippen LogP contribution in [0.15, 0.2) is 34.2 Å². The molecule has 1 N–H and O–H groups in total. The van der Waals surface area contributed by atoms with Crippen molar-refractivity contribution in [1.29, 1.82) is 0 Å². The monoisotopic (exact) mass is 365 g/mol. The number of thiol groups is 1. The fourth-order valence-electron chi connectivity index (χ4n) is 2.70. The van der Waals surface area contributed by atoms with E-state index < -0.39 is 28.9 Å². The number of carbonyl (C=O) groups excluding carboxylic acids is 2. The Kier molecular flexibility index (Phi) is 6.90. The van der Waals surface area contributed by atoms with Crippen LogP contribution in [-0.4, -0.2) is 53.2 Å². The molecule has 0 aliphatic carbocycles. The predicted molar refractivity (Wildman–Crippen MR) is 98.1 cm³/mol. The zero-order valence-corrected chi connectivity index (χ0v) is 15.2. The Morgan fingerprint density at radius 1 is 1.36 bits per heavy atom. The minimum atomic E-state index is -0.954. The van der Waals surface area contributed by atoms with Gasteiger partial charge in [-0.1, -0.05) is 0 Å². The molecule has 136 valence electrons. The van der Waals surface area contributed by atoms with Crippen molar-refractivity contribution in [3.8, 4) is 0 Å². The van der Waals surface area contributed by atoms with Gasteiger partial charge in [0.15, 0.2) is 5.78 Å². The molecule has 7 heteroatoms. The van der Waals surface area contributed by atoms with Crippen molar-refractivity contribution < 1.29 is 24.2 Å². The second-order valence-corrected chi connectivity index (χ2v) is 8.11. The van der Waals surface area contributed by atoms with Gasteiger partial charge in [-0.05, 0) is 43.0 Å². The van der Waals surface area contributed by atoms with Crippen molar-refractivity contribution in [3.63, 3.8) is 0 Å². The molecule has 0 amide bonds. The number of carboxylic acids is 1. The topological polar surface area (TPSA) is 93.0 Å². The second-order valence-electron chi connectivity index (χ2n) is 5.78. The molecule has 1 heterocycles. The van der Waals surface area contributed by atoms with Crippen LogP contribution in [0.25, 0.3) is 0 Å². The first-order valence-corrected chi connectivity index (χ1v) is 9.75. The van der Waals surface area contributed by atoms with Crippen molar-refractivity contribution in [1.82, 2.24) is 0 Å². The van der Waals surface area contributed by atoms with Crippen LogP contribution in [-0.2, 0) is 14.3 Å². The SMILES string of the molecule is CCOC(CC1=NCC[SH]1c1ccc(C(=O)O)cc1)C(=O)C(C)C=O. The number of aldehydes is 1. The maximum absolute atomic E-state index is 12.3. The molecule has 2 rings (SSSR count). The van der Waals surface area contributed by atoms with Crippen molar-refractivity contribution in [2.24, 2.45) is 10.9 Å². The van der Waals surface area contributed by atoms with Crippen LogP contribution in [0.5, 0.6) is 0 Å². The third-order valence-electron chi connectivity index (χ3n) is 4.06. The number of carboxylic acid groups (broad SMARTS) is 1. The van der Waals surface area contributed by atoms with E-state index in [4.69, 9.17) is 9.84 Å². The summed E-state index contributed by atoms with van der Waals surface area (Å²) in [6, 6.07) is 6.83. The summed E-state index contributed by atoms with van der Waals surface area (Å²) in [4.78, 5) is 39.8. The number of nitrogens with zero attached hydrogens (tertiary/aromatic N) is 1. The number of hydrogen-bond donors (Lipinski definition) is 2. The van der Waals surface area contributed by atoms with E-state index in [0.29, 0.717) is 25.9 Å². The quantitative estimate of drug-likeness (QED) is 0.398. The second kappa shape index (κ2) is 8.92. The number of ketones is 1. The van der Waals surface area contributed by atoms with Crippen LogP contribution < -0.4 is 0 Å². The molecule has 3 atom stereocenters. The highest BCUT2D eigenvalue weighted by Crippen LogP contribution is 2.42. The molecule has 1 aromatic rings. The van der Waals surface area contributed by atoms with Crippen LogP contribution in [0.2, 0.25) is 0 Å². The fraction of sp³-hybridized carbons (Fsp3) is 0.444. The van der Waals surface area contributed by atoms with E-state index in [-0.39, 0.29) is 11.3 Å². The number of carbonyl (C=O) groups is 3. The molecular formula is C18H23NO5S. The minimum absolute atomic E-state index is 0.220. The Labute approximate surface area is 149 Å². The molecule has 3 unspecified atom stereocenters. The maximum atomic E-state index is 12.3. The Balaban J connectivity index is 2.15. The van der Waals surface area contributed by atoms with Gasteiger partial charge in [0.25, 0.3) is 0 Å². The smallest absolute Gasteiger partial charge is 0.335 e. The van der Waals surface area contributed by atoms with Crippen LogP contribution in [0.1, 0.15) is 30.6 Å². The largest absolute Gasteiger partial charge is 0.478 e. The van der Waals surface area contributed by atoms with E-state index in [9.17, 15) is 14.4 Å². The highest BCUT2D eigenvalue weighted by atomic mass is 32.2. The first kappa shape index (κ1) is 19.3. The summed E-state index contributed by atoms with van der Waals surface area (Å²) in [6.45, 7) is 4.47. The average Bonchev–Trinajstić information content (AvgIpc) is 3.08. The standard InChI is InChI=1S/C18H23NO5S/c1-3-24-15(17(21)12(2)11-20)10-16-19-8-9-25(16)14-6-4-13(5-7-14)18(22)23/h4-7,11-12,15,25H,3,8-10H2,1-2H3,(H,22,23). The first-order valence-electron chi connectivity index (χ1n) is 8.22. The molecule has 0 spiro atoms. The van der Waals surface area contributed by atoms with E-state index in [0.717, 1.165) is 15.7 Å². The lowest BCUT2D eigenvalue weighted by Gasteiger charge is -2.23. The normalized spacial score (nSPS) is 20.6. The summed E-state index contributed by atoms with van der Waals surface area (Å²) in [5.41, 5.74) is 0.249. The zero-order chi connectivity index (χ0) is 18.4. The average molecular weight is 365 g/mol. The number of rotatable bonds is 9. The minimum Gasteiger partial charge on any atom is -0.478 e. The lowest BCUT2D eigenvalue weighted by Crippen LogP contribution is -2.32. The summed E-state index contributed by atoms with van der Waals surface area (Å²) in [5, 5.41) is 9.94. The number of Topliss-reactive ketones (excluding diaryl/α,β-unsaturated/α-hetero) is 1. The Bertz CT molecular complexity index is 671. The third kappa shape index (κ3) is 4.76. The summed E-state index contributed by atoms with van der Waals surface area (Å²) >= 11 is 0.